The molecule has 0 saturated carbocycles. The molecule has 0 heterocycles. The Morgan fingerprint density at radius 2 is 1.75 bits per heavy atom. The van der Waals surface area contributed by atoms with Gasteiger partial charge in [0.1, 0.15) is 0 Å². The summed E-state index contributed by atoms with van der Waals surface area (Å²) >= 11 is 3.48. The lowest BCUT2D eigenvalue weighted by Crippen LogP contribution is -2.19. The summed E-state index contributed by atoms with van der Waals surface area (Å²) in [5, 5.41) is 0. The molecule has 0 N–H and O–H groups in total. The Balaban J connectivity index is 2.25. The molecule has 0 spiro atoms. The summed E-state index contributed by atoms with van der Waals surface area (Å²) in [5.41, 5.74) is 4.36. The maximum absolute atomic E-state index is 3.78. The molecular formula is C22H32BrN. The Kier molecular flexibility index (Phi) is 10.7. The maximum atomic E-state index is 3.78. The minimum Gasteiger partial charge on any atom is -0.303 e. The Morgan fingerprint density at radius 3 is 2.42 bits per heavy atom. The number of halogens is 1. The van der Waals surface area contributed by atoms with Gasteiger partial charge in [-0.3, -0.25) is 0 Å². The van der Waals surface area contributed by atoms with Crippen molar-refractivity contribution in [1.82, 2.24) is 4.90 Å². The largest absolute Gasteiger partial charge is 0.303 e. The number of hydrogen-bond donors (Lipinski definition) is 0. The molecule has 132 valence electrons. The number of hydrogen-bond acceptors (Lipinski definition) is 1. The first kappa shape index (κ1) is 20.9. The minimum absolute atomic E-state index is 0.977. The summed E-state index contributed by atoms with van der Waals surface area (Å²) in [6.07, 6.45) is 12.5. The van der Waals surface area contributed by atoms with Gasteiger partial charge in [-0.05, 0) is 77.2 Å². The summed E-state index contributed by atoms with van der Waals surface area (Å²) in [5.74, 6) is 0. The van der Waals surface area contributed by atoms with E-state index in [0.29, 0.717) is 0 Å². The highest BCUT2D eigenvalue weighted by Gasteiger charge is 1.97. The Hall–Kier alpha value is -1.12. The molecule has 0 aliphatic carbocycles. The van der Waals surface area contributed by atoms with Crippen LogP contribution < -0.4 is 0 Å². The first-order valence-corrected chi connectivity index (χ1v) is 9.65. The van der Waals surface area contributed by atoms with Crippen molar-refractivity contribution >= 4 is 15.9 Å². The lowest BCUT2D eigenvalue weighted by Gasteiger charge is -2.13. The molecule has 0 fully saturated rings. The summed E-state index contributed by atoms with van der Waals surface area (Å²) in [4.78, 5) is 2.31. The van der Waals surface area contributed by atoms with Gasteiger partial charge < -0.3 is 4.90 Å². The van der Waals surface area contributed by atoms with Crippen LogP contribution in [0.3, 0.4) is 0 Å². The van der Waals surface area contributed by atoms with Crippen LogP contribution in [0.25, 0.3) is 0 Å². The fourth-order valence-corrected chi connectivity index (χ4v) is 2.87. The molecule has 1 rings (SSSR count). The van der Waals surface area contributed by atoms with Crippen molar-refractivity contribution in [3.8, 4) is 0 Å². The van der Waals surface area contributed by atoms with E-state index in [1.54, 1.807) is 0 Å². The molecule has 24 heavy (non-hydrogen) atoms. The van der Waals surface area contributed by atoms with Crippen molar-refractivity contribution in [1.29, 1.82) is 0 Å². The zero-order valence-electron chi connectivity index (χ0n) is 15.5. The fraction of sp³-hybridized carbons (Fsp3) is 0.455. The van der Waals surface area contributed by atoms with Crippen LogP contribution in [0.15, 0.2) is 64.7 Å². The fourth-order valence-electron chi connectivity index (χ4n) is 2.60. The van der Waals surface area contributed by atoms with E-state index in [-0.39, 0.29) is 0 Å². The monoisotopic (exact) mass is 389 g/mol. The average Bonchev–Trinajstić information content (AvgIpc) is 2.54. The van der Waals surface area contributed by atoms with E-state index in [1.165, 1.54) is 29.6 Å². The van der Waals surface area contributed by atoms with Gasteiger partial charge in [-0.25, -0.2) is 0 Å². The zero-order valence-corrected chi connectivity index (χ0v) is 17.1. The van der Waals surface area contributed by atoms with Crippen LogP contribution in [0.1, 0.15) is 45.1 Å². The summed E-state index contributed by atoms with van der Waals surface area (Å²) < 4.78 is 1.14. The number of rotatable bonds is 11. The molecule has 0 saturated heterocycles. The van der Waals surface area contributed by atoms with Crippen LogP contribution in [0.5, 0.6) is 0 Å². The molecular weight excluding hydrogens is 358 g/mol. The topological polar surface area (TPSA) is 3.24 Å². The highest BCUT2D eigenvalue weighted by Crippen LogP contribution is 2.14. The maximum Gasteiger partial charge on any atom is 0.0175 e. The molecule has 0 aromatic heterocycles. The van der Waals surface area contributed by atoms with Gasteiger partial charge in [0.25, 0.3) is 0 Å². The van der Waals surface area contributed by atoms with E-state index >= 15 is 0 Å². The van der Waals surface area contributed by atoms with Gasteiger partial charge in [-0.2, -0.15) is 0 Å². The lowest BCUT2D eigenvalue weighted by molar-refractivity contribution is 0.364. The third kappa shape index (κ3) is 9.89. The normalized spacial score (nSPS) is 12.7. The Bertz CT molecular complexity index is 540. The van der Waals surface area contributed by atoms with Crippen molar-refractivity contribution in [2.75, 3.05) is 20.1 Å². The molecule has 1 nitrogen and oxygen atoms in total. The molecule has 0 amide bonds. The zero-order chi connectivity index (χ0) is 17.8. The molecule has 1 aromatic carbocycles. The highest BCUT2D eigenvalue weighted by atomic mass is 79.9. The third-order valence-corrected chi connectivity index (χ3v) is 4.71. The molecule has 0 aliphatic rings. The van der Waals surface area contributed by atoms with Gasteiger partial charge in [0, 0.05) is 11.0 Å². The van der Waals surface area contributed by atoms with Gasteiger partial charge in [0.15, 0.2) is 0 Å². The van der Waals surface area contributed by atoms with Crippen molar-refractivity contribution < 1.29 is 0 Å². The lowest BCUT2D eigenvalue weighted by atomic mass is 10.0. The predicted molar refractivity (Wildman–Crippen MR) is 112 cm³/mol. The molecule has 1 aromatic rings. The second-order valence-corrected chi connectivity index (χ2v) is 7.54. The van der Waals surface area contributed by atoms with Crippen LogP contribution >= 0.6 is 15.9 Å². The summed E-state index contributed by atoms with van der Waals surface area (Å²) in [7, 11) is 2.15. The van der Waals surface area contributed by atoms with Gasteiger partial charge >= 0.3 is 0 Å². The van der Waals surface area contributed by atoms with Crippen molar-refractivity contribution in [3.63, 3.8) is 0 Å². The van der Waals surface area contributed by atoms with E-state index in [2.05, 4.69) is 84.7 Å². The Labute approximate surface area is 157 Å². The van der Waals surface area contributed by atoms with Crippen LogP contribution in [-0.4, -0.2) is 25.0 Å². The summed E-state index contributed by atoms with van der Waals surface area (Å²) in [6, 6.07) is 8.58. The molecule has 0 unspecified atom stereocenters. The molecule has 0 radical (unpaired) electrons. The predicted octanol–water partition coefficient (Wildman–Crippen LogP) is 6.56. The first-order chi connectivity index (χ1) is 11.5. The SMILES string of the molecule is C=CCN(C)CCC/C(C)=C/CC/C(C)=C/Cc1ccc(Br)cc1. The van der Waals surface area contributed by atoms with E-state index in [0.717, 1.165) is 36.8 Å². The standard InChI is InChI=1S/C22H32BrN/c1-5-17-24(4)18-7-10-19(2)8-6-9-20(3)11-12-21-13-15-22(23)16-14-21/h5,8,11,13-16H,1,6-7,9-10,12,17-18H2,2-4H3/b19-8+,20-11+. The van der Waals surface area contributed by atoms with Crippen molar-refractivity contribution in [2.45, 2.75) is 46.0 Å². The average molecular weight is 390 g/mol. The van der Waals surface area contributed by atoms with Crippen molar-refractivity contribution in [3.05, 3.63) is 70.3 Å². The van der Waals surface area contributed by atoms with Gasteiger partial charge in [0.2, 0.25) is 0 Å². The molecule has 2 heteroatoms. The smallest absolute Gasteiger partial charge is 0.0175 e. The summed E-state index contributed by atoms with van der Waals surface area (Å²) in [6.45, 7) is 10.4. The van der Waals surface area contributed by atoms with Crippen LogP contribution in [0.2, 0.25) is 0 Å². The van der Waals surface area contributed by atoms with Crippen LogP contribution in [0, 0.1) is 0 Å². The number of likely N-dealkylation sites (N-methyl/N-ethyl adjacent to an activating group) is 1. The van der Waals surface area contributed by atoms with E-state index in [9.17, 15) is 0 Å². The molecule has 0 bridgehead atoms. The Morgan fingerprint density at radius 1 is 1.08 bits per heavy atom. The van der Waals surface area contributed by atoms with Gasteiger partial charge in [-0.1, -0.05) is 57.4 Å². The van der Waals surface area contributed by atoms with E-state index in [1.807, 2.05) is 6.08 Å². The van der Waals surface area contributed by atoms with Gasteiger partial charge in [-0.15, -0.1) is 6.58 Å². The molecule has 0 aliphatic heterocycles. The number of nitrogens with zero attached hydrogens (tertiary/aromatic N) is 1. The van der Waals surface area contributed by atoms with Crippen LogP contribution in [0.4, 0.5) is 0 Å². The third-order valence-electron chi connectivity index (χ3n) is 4.18. The minimum atomic E-state index is 0.977. The first-order valence-electron chi connectivity index (χ1n) is 8.86. The number of allylic oxidation sites excluding steroid dienone is 4. The van der Waals surface area contributed by atoms with Gasteiger partial charge in [0.05, 0.1) is 0 Å². The van der Waals surface area contributed by atoms with E-state index in [4.69, 9.17) is 0 Å². The second kappa shape index (κ2) is 12.3. The number of benzene rings is 1. The van der Waals surface area contributed by atoms with Crippen LogP contribution in [-0.2, 0) is 6.42 Å². The second-order valence-electron chi connectivity index (χ2n) is 6.62. The molecule has 0 atom stereocenters. The quantitative estimate of drug-likeness (QED) is 0.387. The van der Waals surface area contributed by atoms with Crippen molar-refractivity contribution in [2.24, 2.45) is 0 Å². The van der Waals surface area contributed by atoms with E-state index < -0.39 is 0 Å². The highest BCUT2D eigenvalue weighted by molar-refractivity contribution is 9.10.